The number of rotatable bonds is 3. The van der Waals surface area contributed by atoms with E-state index in [2.05, 4.69) is 15.5 Å². The maximum absolute atomic E-state index is 12.4. The first-order chi connectivity index (χ1) is 8.36. The molecule has 0 atom stereocenters. The van der Waals surface area contributed by atoms with E-state index in [0.29, 0.717) is 11.5 Å². The van der Waals surface area contributed by atoms with Crippen molar-refractivity contribution in [3.8, 4) is 0 Å². The largest absolute Gasteiger partial charge is 0.435 e. The molecule has 2 aromatic heterocycles. The highest BCUT2D eigenvalue weighted by Gasteiger charge is 2.34. The van der Waals surface area contributed by atoms with Crippen LogP contribution >= 0.6 is 0 Å². The molecule has 0 aromatic carbocycles. The Morgan fingerprint density at radius 2 is 2.00 bits per heavy atom. The number of nitrogens with zero attached hydrogens (tertiary/aromatic N) is 4. The minimum atomic E-state index is -4.42. The van der Waals surface area contributed by atoms with E-state index < -0.39 is 11.9 Å². The molecule has 0 bridgehead atoms. The average molecular weight is 259 g/mol. The van der Waals surface area contributed by atoms with Crippen molar-refractivity contribution < 1.29 is 13.2 Å². The fraction of sp³-hybridized carbons (Fsp3) is 0.400. The van der Waals surface area contributed by atoms with Crippen molar-refractivity contribution in [3.63, 3.8) is 0 Å². The van der Waals surface area contributed by atoms with Crippen molar-refractivity contribution in [2.24, 2.45) is 14.1 Å². The van der Waals surface area contributed by atoms with E-state index in [9.17, 15) is 13.2 Å². The van der Waals surface area contributed by atoms with Gasteiger partial charge in [0.25, 0.3) is 0 Å². The van der Waals surface area contributed by atoms with Crippen LogP contribution in [0.3, 0.4) is 0 Å². The number of hydrogen-bond donors (Lipinski definition) is 1. The van der Waals surface area contributed by atoms with Crippen LogP contribution in [-0.2, 0) is 26.8 Å². The van der Waals surface area contributed by atoms with Crippen LogP contribution in [0.15, 0.2) is 18.3 Å². The fourth-order valence-electron chi connectivity index (χ4n) is 1.50. The molecule has 0 amide bonds. The molecule has 0 aliphatic rings. The molecular formula is C10H12F3N5. The molecule has 2 rings (SSSR count). The maximum atomic E-state index is 12.4. The summed E-state index contributed by atoms with van der Waals surface area (Å²) in [6.07, 6.45) is -2.67. The number of aromatic nitrogens is 4. The van der Waals surface area contributed by atoms with E-state index >= 15 is 0 Å². The first kappa shape index (κ1) is 12.5. The van der Waals surface area contributed by atoms with E-state index in [0.717, 1.165) is 6.07 Å². The molecule has 2 heterocycles. The maximum Gasteiger partial charge on any atom is 0.435 e. The Hall–Kier alpha value is -1.99. The van der Waals surface area contributed by atoms with Crippen LogP contribution in [0.2, 0.25) is 0 Å². The number of hydrogen-bond acceptors (Lipinski definition) is 3. The van der Waals surface area contributed by atoms with Gasteiger partial charge in [0.2, 0.25) is 0 Å². The van der Waals surface area contributed by atoms with Gasteiger partial charge in [-0.1, -0.05) is 0 Å². The van der Waals surface area contributed by atoms with Gasteiger partial charge in [-0.05, 0) is 6.07 Å². The number of aryl methyl sites for hydroxylation is 2. The van der Waals surface area contributed by atoms with Gasteiger partial charge in [-0.25, -0.2) is 0 Å². The van der Waals surface area contributed by atoms with E-state index in [1.54, 1.807) is 24.0 Å². The van der Waals surface area contributed by atoms with Gasteiger partial charge in [0.15, 0.2) is 5.69 Å². The van der Waals surface area contributed by atoms with E-state index in [1.165, 1.54) is 11.7 Å². The first-order valence-corrected chi connectivity index (χ1v) is 5.20. The second kappa shape index (κ2) is 4.35. The lowest BCUT2D eigenvalue weighted by Gasteiger charge is -2.02. The Morgan fingerprint density at radius 3 is 2.50 bits per heavy atom. The summed E-state index contributed by atoms with van der Waals surface area (Å²) in [7, 11) is 3.24. The van der Waals surface area contributed by atoms with Crippen LogP contribution in [0, 0.1) is 0 Å². The zero-order valence-electron chi connectivity index (χ0n) is 9.86. The highest BCUT2D eigenvalue weighted by Crippen LogP contribution is 2.28. The van der Waals surface area contributed by atoms with Gasteiger partial charge in [0, 0.05) is 26.4 Å². The zero-order valence-corrected chi connectivity index (χ0v) is 9.86. The normalized spacial score (nSPS) is 11.8. The Labute approximate surface area is 101 Å². The van der Waals surface area contributed by atoms with Crippen molar-refractivity contribution in [1.29, 1.82) is 0 Å². The van der Waals surface area contributed by atoms with Crippen LogP contribution in [0.4, 0.5) is 19.0 Å². The van der Waals surface area contributed by atoms with Crippen LogP contribution in [-0.4, -0.2) is 19.6 Å². The summed E-state index contributed by atoms with van der Waals surface area (Å²) in [5, 5.41) is 10.4. The molecule has 8 heteroatoms. The lowest BCUT2D eigenvalue weighted by atomic mass is 10.3. The second-order valence-electron chi connectivity index (χ2n) is 3.87. The summed E-state index contributed by atoms with van der Waals surface area (Å²) in [4.78, 5) is 0. The minimum Gasteiger partial charge on any atom is -0.363 e. The van der Waals surface area contributed by atoms with Gasteiger partial charge in [-0.2, -0.15) is 23.4 Å². The summed E-state index contributed by atoms with van der Waals surface area (Å²) in [5.74, 6) is 0.604. The van der Waals surface area contributed by atoms with E-state index in [4.69, 9.17) is 0 Å². The lowest BCUT2D eigenvalue weighted by molar-refractivity contribution is -0.141. The molecule has 5 nitrogen and oxygen atoms in total. The molecule has 2 aromatic rings. The third kappa shape index (κ3) is 2.63. The average Bonchev–Trinajstić information content (AvgIpc) is 2.81. The first-order valence-electron chi connectivity index (χ1n) is 5.20. The fourth-order valence-corrected chi connectivity index (χ4v) is 1.50. The Bertz CT molecular complexity index is 540. The molecule has 18 heavy (non-hydrogen) atoms. The molecule has 98 valence electrons. The molecule has 0 spiro atoms. The summed E-state index contributed by atoms with van der Waals surface area (Å²) in [6.45, 7) is 0.233. The van der Waals surface area contributed by atoms with Crippen molar-refractivity contribution in [2.75, 3.05) is 5.32 Å². The monoisotopic (exact) mass is 259 g/mol. The second-order valence-corrected chi connectivity index (χ2v) is 3.87. The molecule has 0 unspecified atom stereocenters. The van der Waals surface area contributed by atoms with Crippen LogP contribution in [0.25, 0.3) is 0 Å². The Kier molecular flexibility index (Phi) is 3.02. The highest BCUT2D eigenvalue weighted by molar-refractivity contribution is 5.33. The lowest BCUT2D eigenvalue weighted by Crippen LogP contribution is -2.07. The predicted molar refractivity (Wildman–Crippen MR) is 58.7 cm³/mol. The van der Waals surface area contributed by atoms with Gasteiger partial charge in [-0.3, -0.25) is 9.36 Å². The van der Waals surface area contributed by atoms with Crippen LogP contribution < -0.4 is 5.32 Å². The number of alkyl halides is 3. The molecule has 0 aliphatic heterocycles. The molecular weight excluding hydrogens is 247 g/mol. The Morgan fingerprint density at radius 1 is 1.28 bits per heavy atom. The Balaban J connectivity index is 2.08. The molecule has 0 saturated heterocycles. The number of nitrogens with one attached hydrogen (secondary N) is 1. The molecule has 0 saturated carbocycles. The SMILES string of the molecule is Cn1ccc(NCc2cc(C(F)(F)F)nn2C)n1. The smallest absolute Gasteiger partial charge is 0.363 e. The standard InChI is InChI=1S/C10H12F3N5/c1-17-4-3-9(16-17)14-6-7-5-8(10(11,12)13)15-18(7)2/h3-5H,6H2,1-2H3,(H,14,16). The molecule has 1 N–H and O–H groups in total. The van der Waals surface area contributed by atoms with Crippen molar-refractivity contribution in [1.82, 2.24) is 19.6 Å². The summed E-state index contributed by atoms with van der Waals surface area (Å²) < 4.78 is 40.1. The third-order valence-electron chi connectivity index (χ3n) is 2.43. The minimum absolute atomic E-state index is 0.233. The molecule has 0 fully saturated rings. The van der Waals surface area contributed by atoms with Gasteiger partial charge in [-0.15, -0.1) is 0 Å². The quantitative estimate of drug-likeness (QED) is 0.914. The van der Waals surface area contributed by atoms with Crippen molar-refractivity contribution >= 4 is 5.82 Å². The van der Waals surface area contributed by atoms with E-state index in [1.807, 2.05) is 0 Å². The third-order valence-corrected chi connectivity index (χ3v) is 2.43. The van der Waals surface area contributed by atoms with Crippen molar-refractivity contribution in [2.45, 2.75) is 12.7 Å². The summed E-state index contributed by atoms with van der Waals surface area (Å²) in [6, 6.07) is 2.76. The van der Waals surface area contributed by atoms with Crippen LogP contribution in [0.1, 0.15) is 11.4 Å². The number of halogens is 3. The molecule has 0 radical (unpaired) electrons. The molecule has 0 aliphatic carbocycles. The predicted octanol–water partition coefficient (Wildman–Crippen LogP) is 1.78. The number of anilines is 1. The zero-order chi connectivity index (χ0) is 13.3. The van der Waals surface area contributed by atoms with Crippen LogP contribution in [0.5, 0.6) is 0 Å². The summed E-state index contributed by atoms with van der Waals surface area (Å²) >= 11 is 0. The topological polar surface area (TPSA) is 47.7 Å². The summed E-state index contributed by atoms with van der Waals surface area (Å²) in [5.41, 5.74) is -0.448. The highest BCUT2D eigenvalue weighted by atomic mass is 19.4. The van der Waals surface area contributed by atoms with Crippen molar-refractivity contribution in [3.05, 3.63) is 29.7 Å². The van der Waals surface area contributed by atoms with Gasteiger partial charge >= 0.3 is 6.18 Å². The van der Waals surface area contributed by atoms with Gasteiger partial charge in [0.1, 0.15) is 5.82 Å². The van der Waals surface area contributed by atoms with Gasteiger partial charge in [0.05, 0.1) is 12.2 Å². The van der Waals surface area contributed by atoms with E-state index in [-0.39, 0.29) is 6.54 Å². The van der Waals surface area contributed by atoms with Gasteiger partial charge < -0.3 is 5.32 Å².